The topological polar surface area (TPSA) is 113 Å². The van der Waals surface area contributed by atoms with Crippen LogP contribution in [0.4, 0.5) is 0 Å². The van der Waals surface area contributed by atoms with Gasteiger partial charge < -0.3 is 19.9 Å². The summed E-state index contributed by atoms with van der Waals surface area (Å²) in [6.45, 7) is 1.98. The number of nitrogens with zero attached hydrogens (tertiary/aromatic N) is 1. The molecule has 0 amide bonds. The number of unbranched alkanes of at least 4 members (excludes halogenated alkanes) is 1. The van der Waals surface area contributed by atoms with E-state index in [-0.39, 0.29) is 31.6 Å². The molecule has 2 aliphatic heterocycles. The van der Waals surface area contributed by atoms with Crippen LogP contribution in [0, 0.1) is 0 Å². The van der Waals surface area contributed by atoms with Gasteiger partial charge in [-0.25, -0.2) is 4.89 Å². The van der Waals surface area contributed by atoms with Crippen molar-refractivity contribution in [1.29, 1.82) is 0 Å². The minimum atomic E-state index is -0.438. The van der Waals surface area contributed by atoms with Crippen LogP contribution in [-0.4, -0.2) is 94.7 Å². The number of carbonyl (C=O) groups is 1. The minimum absolute atomic E-state index is 0.00951. The van der Waals surface area contributed by atoms with Gasteiger partial charge in [0.05, 0.1) is 12.4 Å². The minimum Gasteiger partial charge on any atom is -0.497 e. The molecule has 0 saturated carbocycles. The Kier molecular flexibility index (Phi) is 21.5. The number of thiol groups is 2. The van der Waals surface area contributed by atoms with Crippen LogP contribution in [0.3, 0.4) is 0 Å². The molecule has 0 aromatic heterocycles. The Morgan fingerprint density at radius 3 is 2.76 bits per heavy atom. The number of hydrogen-bond donors (Lipinski definition) is 6. The summed E-state index contributed by atoms with van der Waals surface area (Å²) in [6, 6.07) is 0. The fourth-order valence-corrected chi connectivity index (χ4v) is 6.81. The molecule has 0 spiro atoms. The van der Waals surface area contributed by atoms with Crippen LogP contribution in [0.25, 0.3) is 0 Å². The fourth-order valence-electron chi connectivity index (χ4n) is 5.02. The van der Waals surface area contributed by atoms with Gasteiger partial charge in [0.25, 0.3) is 0 Å². The lowest BCUT2D eigenvalue weighted by molar-refractivity contribution is -0.271. The van der Waals surface area contributed by atoms with Gasteiger partial charge in [0.15, 0.2) is 6.23 Å². The van der Waals surface area contributed by atoms with Crippen LogP contribution in [0.1, 0.15) is 77.0 Å². The Hall–Kier alpha value is -0.440. The van der Waals surface area contributed by atoms with Crippen molar-refractivity contribution >= 4 is 43.0 Å². The molecule has 4 N–H and O–H groups in total. The number of hydrogen-bond acceptors (Lipinski definition) is 12. The standard InChI is InChI=1S/C29H53N3O6S3/c33-17-6-13-28(38-29(34)14-4-3-9-25(40)10-7-19-39)31-16-15-30-27-21-24(22-32(27)23-37-35)36-18-5-1-2-11-26-12-8-20-41-26/h1-2,5,18,24-28,30-31,33,35,39-40H,3-4,6-17,19-23H2/b2-1+,18-5+. The highest BCUT2D eigenvalue weighted by Gasteiger charge is 2.32. The highest BCUT2D eigenvalue weighted by Crippen LogP contribution is 2.28. The molecule has 9 nitrogen and oxygen atoms in total. The second-order valence-corrected chi connectivity index (χ2v) is 13.3. The zero-order valence-corrected chi connectivity index (χ0v) is 27.0. The Labute approximate surface area is 262 Å². The number of likely N-dealkylation sites (tertiary alicyclic amines) is 1. The Morgan fingerprint density at radius 2 is 2.00 bits per heavy atom. The molecule has 5 atom stereocenters. The molecule has 0 bridgehead atoms. The summed E-state index contributed by atoms with van der Waals surface area (Å²) in [6.07, 6.45) is 18.3. The molecule has 5 unspecified atom stereocenters. The molecule has 12 heteroatoms. The number of nitrogens with one attached hydrogen (secondary N) is 2. The summed E-state index contributed by atoms with van der Waals surface area (Å²) < 4.78 is 11.6. The van der Waals surface area contributed by atoms with Crippen molar-refractivity contribution < 1.29 is 29.5 Å². The average molecular weight is 636 g/mol. The van der Waals surface area contributed by atoms with Gasteiger partial charge in [-0.3, -0.25) is 20.3 Å². The molecular weight excluding hydrogens is 583 g/mol. The maximum Gasteiger partial charge on any atom is 0.307 e. The first-order valence-corrected chi connectivity index (χ1v) is 17.4. The summed E-state index contributed by atoms with van der Waals surface area (Å²) in [5.74, 6) is 1.94. The average Bonchev–Trinajstić information content (AvgIpc) is 3.62. The Bertz CT molecular complexity index is 730. The normalized spacial score (nSPS) is 23.1. The largest absolute Gasteiger partial charge is 0.497 e. The lowest BCUT2D eigenvalue weighted by atomic mass is 10.1. The van der Waals surface area contributed by atoms with Crippen molar-refractivity contribution in [3.63, 3.8) is 0 Å². The molecule has 41 heavy (non-hydrogen) atoms. The summed E-state index contributed by atoms with van der Waals surface area (Å²) >= 11 is 10.9. The Balaban J connectivity index is 1.65. The van der Waals surface area contributed by atoms with Crippen LogP contribution in [0.5, 0.6) is 0 Å². The third-order valence-electron chi connectivity index (χ3n) is 7.25. The molecule has 238 valence electrons. The number of esters is 1. The first kappa shape index (κ1) is 36.8. The van der Waals surface area contributed by atoms with E-state index in [1.807, 2.05) is 17.1 Å². The van der Waals surface area contributed by atoms with Gasteiger partial charge in [-0.05, 0) is 68.9 Å². The van der Waals surface area contributed by atoms with Crippen LogP contribution < -0.4 is 10.6 Å². The number of aliphatic hydroxyl groups is 1. The maximum absolute atomic E-state index is 12.4. The molecule has 0 radical (unpaired) electrons. The fraction of sp³-hybridized carbons (Fsp3) is 0.828. The molecule has 2 saturated heterocycles. The van der Waals surface area contributed by atoms with Gasteiger partial charge in [-0.15, -0.1) is 0 Å². The SMILES string of the molecule is O=C(CCCCC(S)CCCS)OC(CCCO)NCCNC1CC(O/C=C/C=C/CC2CCCS2)CN1COO. The van der Waals surface area contributed by atoms with Gasteiger partial charge in [-0.1, -0.05) is 18.6 Å². The number of rotatable bonds is 24. The number of allylic oxidation sites excluding steroid dienone is 3. The third-order valence-corrected chi connectivity index (χ3v) is 9.50. The van der Waals surface area contributed by atoms with E-state index in [1.165, 1.54) is 18.6 Å². The maximum atomic E-state index is 12.4. The molecule has 2 heterocycles. The van der Waals surface area contributed by atoms with Crippen LogP contribution in [0.15, 0.2) is 24.5 Å². The quantitative estimate of drug-likeness (QED) is 0.0132. The zero-order valence-electron chi connectivity index (χ0n) is 24.4. The highest BCUT2D eigenvalue weighted by molar-refractivity contribution is 8.00. The lowest BCUT2D eigenvalue weighted by Gasteiger charge is -2.24. The first-order valence-electron chi connectivity index (χ1n) is 15.2. The number of carbonyl (C=O) groups excluding carboxylic acids is 1. The van der Waals surface area contributed by atoms with Crippen molar-refractivity contribution in [3.05, 3.63) is 24.5 Å². The molecule has 2 aliphatic rings. The zero-order chi connectivity index (χ0) is 29.5. The van der Waals surface area contributed by atoms with E-state index in [1.54, 1.807) is 6.26 Å². The van der Waals surface area contributed by atoms with E-state index in [9.17, 15) is 9.90 Å². The van der Waals surface area contributed by atoms with E-state index in [4.69, 9.17) is 14.7 Å². The predicted molar refractivity (Wildman–Crippen MR) is 173 cm³/mol. The molecular formula is C29H53N3O6S3. The van der Waals surface area contributed by atoms with E-state index >= 15 is 0 Å². The third kappa shape index (κ3) is 17.4. The van der Waals surface area contributed by atoms with Gasteiger partial charge in [0, 0.05) is 56.0 Å². The van der Waals surface area contributed by atoms with Crippen molar-refractivity contribution in [1.82, 2.24) is 15.5 Å². The predicted octanol–water partition coefficient (Wildman–Crippen LogP) is 4.60. The monoisotopic (exact) mass is 635 g/mol. The lowest BCUT2D eigenvalue weighted by Crippen LogP contribution is -2.46. The van der Waals surface area contributed by atoms with Gasteiger partial charge in [0.2, 0.25) is 0 Å². The number of thioether (sulfide) groups is 1. The van der Waals surface area contributed by atoms with Crippen molar-refractivity contribution in [2.24, 2.45) is 0 Å². The molecule has 0 aromatic carbocycles. The number of ether oxygens (including phenoxy) is 2. The summed E-state index contributed by atoms with van der Waals surface area (Å²) in [7, 11) is 0. The van der Waals surface area contributed by atoms with Crippen LogP contribution in [0.2, 0.25) is 0 Å². The van der Waals surface area contributed by atoms with E-state index in [0.717, 1.165) is 55.9 Å². The van der Waals surface area contributed by atoms with Crippen molar-refractivity contribution in [2.45, 2.75) is 106 Å². The van der Waals surface area contributed by atoms with E-state index < -0.39 is 6.23 Å². The van der Waals surface area contributed by atoms with Crippen LogP contribution in [-0.2, 0) is 19.2 Å². The van der Waals surface area contributed by atoms with Crippen LogP contribution >= 0.6 is 37.0 Å². The van der Waals surface area contributed by atoms with E-state index in [0.29, 0.717) is 44.1 Å². The van der Waals surface area contributed by atoms with Gasteiger partial charge in [0.1, 0.15) is 12.8 Å². The highest BCUT2D eigenvalue weighted by atomic mass is 32.2. The number of aliphatic hydroxyl groups excluding tert-OH is 1. The second kappa shape index (κ2) is 23.9. The molecule has 2 fully saturated rings. The smallest absolute Gasteiger partial charge is 0.307 e. The Morgan fingerprint density at radius 1 is 1.15 bits per heavy atom. The second-order valence-electron chi connectivity index (χ2n) is 10.7. The summed E-state index contributed by atoms with van der Waals surface area (Å²) in [4.78, 5) is 18.8. The van der Waals surface area contributed by atoms with Crippen molar-refractivity contribution in [3.8, 4) is 0 Å². The summed E-state index contributed by atoms with van der Waals surface area (Å²) in [5, 5.41) is 26.1. The molecule has 0 aromatic rings. The van der Waals surface area contributed by atoms with Gasteiger partial charge >= 0.3 is 5.97 Å². The molecule has 2 rings (SSSR count). The first-order chi connectivity index (χ1) is 20.0. The molecule has 0 aliphatic carbocycles. The van der Waals surface area contributed by atoms with Gasteiger partial charge in [-0.2, -0.15) is 37.0 Å². The summed E-state index contributed by atoms with van der Waals surface area (Å²) in [5.41, 5.74) is 0. The van der Waals surface area contributed by atoms with E-state index in [2.05, 4.69) is 58.6 Å². The van der Waals surface area contributed by atoms with Crippen molar-refractivity contribution in [2.75, 3.05) is 44.5 Å².